The van der Waals surface area contributed by atoms with E-state index in [1.165, 1.54) is 11.6 Å². The Morgan fingerprint density at radius 3 is 2.46 bits per heavy atom. The lowest BCUT2D eigenvalue weighted by Gasteiger charge is -2.15. The molecule has 0 spiro atoms. The lowest BCUT2D eigenvalue weighted by Crippen LogP contribution is -2.36. The Morgan fingerprint density at radius 2 is 1.79 bits per heavy atom. The predicted molar refractivity (Wildman–Crippen MR) is 124 cm³/mol. The number of benzene rings is 2. The van der Waals surface area contributed by atoms with Crippen molar-refractivity contribution in [2.75, 3.05) is 7.05 Å². The number of aromatic nitrogens is 2. The molecule has 2 aromatic carbocycles. The van der Waals surface area contributed by atoms with E-state index in [2.05, 4.69) is 48.8 Å². The van der Waals surface area contributed by atoms with Crippen LogP contribution in [-0.4, -0.2) is 22.8 Å². The molecule has 0 saturated heterocycles. The van der Waals surface area contributed by atoms with Crippen molar-refractivity contribution in [1.29, 1.82) is 0 Å². The van der Waals surface area contributed by atoms with Gasteiger partial charge in [-0.05, 0) is 35.4 Å². The highest BCUT2D eigenvalue weighted by Gasteiger charge is 2.07. The molecule has 1 aromatic heterocycles. The molecule has 8 heteroatoms. The summed E-state index contributed by atoms with van der Waals surface area (Å²) in [5.74, 6) is 0.369. The van der Waals surface area contributed by atoms with Crippen molar-refractivity contribution in [3.63, 3.8) is 0 Å². The summed E-state index contributed by atoms with van der Waals surface area (Å²) in [5.41, 5.74) is 2.91. The van der Waals surface area contributed by atoms with Crippen LogP contribution in [0, 0.1) is 5.82 Å². The van der Waals surface area contributed by atoms with Crippen LogP contribution in [0.1, 0.15) is 16.7 Å². The van der Waals surface area contributed by atoms with E-state index in [1.807, 2.05) is 29.1 Å². The van der Waals surface area contributed by atoms with E-state index in [1.54, 1.807) is 25.4 Å². The molecule has 148 valence electrons. The normalized spacial score (nSPS) is 11.0. The third-order valence-corrected chi connectivity index (χ3v) is 4.63. The summed E-state index contributed by atoms with van der Waals surface area (Å²) in [6.07, 6.45) is 3.71. The van der Waals surface area contributed by atoms with Crippen LogP contribution in [0.3, 0.4) is 0 Å². The highest BCUT2D eigenvalue weighted by atomic mass is 127. The topological polar surface area (TPSA) is 54.2 Å². The number of nitrogens with one attached hydrogen (secondary N) is 2. The molecule has 28 heavy (non-hydrogen) atoms. The lowest BCUT2D eigenvalue weighted by molar-refractivity contribution is 0.604. The predicted octanol–water partition coefficient (Wildman–Crippen LogP) is 4.32. The number of nitrogens with zero attached hydrogens (tertiary/aromatic N) is 3. The summed E-state index contributed by atoms with van der Waals surface area (Å²) in [5, 5.41) is 10.7. The van der Waals surface area contributed by atoms with E-state index in [0.29, 0.717) is 31.2 Å². The van der Waals surface area contributed by atoms with Crippen LogP contribution in [-0.2, 0) is 19.6 Å². The molecule has 0 atom stereocenters. The number of rotatable bonds is 6. The van der Waals surface area contributed by atoms with E-state index in [9.17, 15) is 4.39 Å². The van der Waals surface area contributed by atoms with Gasteiger partial charge in [0.05, 0.1) is 6.54 Å². The van der Waals surface area contributed by atoms with E-state index in [4.69, 9.17) is 0 Å². The van der Waals surface area contributed by atoms with Crippen molar-refractivity contribution in [2.24, 2.45) is 4.99 Å². The maximum Gasteiger partial charge on any atom is 0.191 e. The molecule has 0 aliphatic carbocycles. The maximum absolute atomic E-state index is 13.9. The average molecular weight is 558 g/mol. The average Bonchev–Trinajstić information content (AvgIpc) is 3.18. The van der Waals surface area contributed by atoms with Crippen LogP contribution in [0.15, 0.2) is 70.4 Å². The van der Waals surface area contributed by atoms with Crippen molar-refractivity contribution in [3.8, 4) is 0 Å². The van der Waals surface area contributed by atoms with E-state index < -0.39 is 0 Å². The zero-order chi connectivity index (χ0) is 19.1. The minimum atomic E-state index is -0.245. The first kappa shape index (κ1) is 22.4. The van der Waals surface area contributed by atoms with Gasteiger partial charge in [0.2, 0.25) is 0 Å². The second-order valence-corrected chi connectivity index (χ2v) is 6.90. The summed E-state index contributed by atoms with van der Waals surface area (Å²) in [7, 11) is 1.70. The van der Waals surface area contributed by atoms with Crippen LogP contribution < -0.4 is 10.6 Å². The third-order valence-electron chi connectivity index (χ3n) is 4.13. The second kappa shape index (κ2) is 11.2. The maximum atomic E-state index is 13.9. The van der Waals surface area contributed by atoms with Crippen LogP contribution >= 0.6 is 39.9 Å². The number of hydrogen-bond acceptors (Lipinski definition) is 2. The third kappa shape index (κ3) is 6.30. The van der Waals surface area contributed by atoms with Crippen LogP contribution in [0.4, 0.5) is 4.39 Å². The Balaban J connectivity index is 0.00000280. The molecule has 0 fully saturated rings. The van der Waals surface area contributed by atoms with E-state index in [-0.39, 0.29) is 29.8 Å². The van der Waals surface area contributed by atoms with Crippen LogP contribution in [0.2, 0.25) is 0 Å². The molecule has 0 aliphatic rings. The Morgan fingerprint density at radius 1 is 1.07 bits per heavy atom. The first-order chi connectivity index (χ1) is 13.2. The molecule has 3 rings (SSSR count). The van der Waals surface area contributed by atoms with Crippen molar-refractivity contribution in [3.05, 3.63) is 87.9 Å². The molecular formula is C20H22BrFIN5. The second-order valence-electron chi connectivity index (χ2n) is 5.99. The first-order valence-electron chi connectivity index (χ1n) is 8.58. The Kier molecular flexibility index (Phi) is 8.91. The van der Waals surface area contributed by atoms with Gasteiger partial charge >= 0.3 is 0 Å². The van der Waals surface area contributed by atoms with Gasteiger partial charge in [-0.25, -0.2) is 4.39 Å². The highest BCUT2D eigenvalue weighted by molar-refractivity contribution is 14.0. The molecule has 1 heterocycles. The van der Waals surface area contributed by atoms with Gasteiger partial charge in [0.15, 0.2) is 5.96 Å². The van der Waals surface area contributed by atoms with Crippen LogP contribution in [0.25, 0.3) is 0 Å². The zero-order valence-electron chi connectivity index (χ0n) is 15.4. The van der Waals surface area contributed by atoms with Crippen molar-refractivity contribution in [2.45, 2.75) is 19.6 Å². The molecule has 3 aromatic rings. The number of aliphatic imine (C=N–C) groups is 1. The Labute approximate surface area is 189 Å². The molecule has 0 bridgehead atoms. The molecule has 0 aliphatic heterocycles. The molecule has 5 nitrogen and oxygen atoms in total. The summed E-state index contributed by atoms with van der Waals surface area (Å²) in [6.45, 7) is 1.66. The first-order valence-corrected chi connectivity index (χ1v) is 9.37. The standard InChI is InChI=1S/C20H21BrFN5.HI/c1-23-20(25-13-17-11-18(21)7-8-19(17)22)24-12-15-5-2-3-6-16(15)14-27-10-4-9-26-27;/h2-11H,12-14H2,1H3,(H2,23,24,25);1H. The quantitative estimate of drug-likeness (QED) is 0.270. The van der Waals surface area contributed by atoms with Gasteiger partial charge in [0.1, 0.15) is 5.82 Å². The highest BCUT2D eigenvalue weighted by Crippen LogP contribution is 2.15. The van der Waals surface area contributed by atoms with E-state index in [0.717, 1.165) is 10.0 Å². The smallest absolute Gasteiger partial charge is 0.191 e. The van der Waals surface area contributed by atoms with Gasteiger partial charge in [-0.3, -0.25) is 9.67 Å². The Bertz CT molecular complexity index is 915. The summed E-state index contributed by atoms with van der Waals surface area (Å²) < 4.78 is 16.6. The number of halogens is 3. The summed E-state index contributed by atoms with van der Waals surface area (Å²) in [4.78, 5) is 4.22. The Hall–Kier alpha value is -1.94. The largest absolute Gasteiger partial charge is 0.352 e. The van der Waals surface area contributed by atoms with E-state index >= 15 is 0 Å². The molecule has 0 amide bonds. The monoisotopic (exact) mass is 557 g/mol. The molecule has 0 saturated carbocycles. The zero-order valence-corrected chi connectivity index (χ0v) is 19.3. The van der Waals surface area contributed by atoms with Crippen molar-refractivity contribution < 1.29 is 4.39 Å². The fourth-order valence-electron chi connectivity index (χ4n) is 2.71. The van der Waals surface area contributed by atoms with Gasteiger partial charge in [-0.15, -0.1) is 24.0 Å². The van der Waals surface area contributed by atoms with Crippen LogP contribution in [0.5, 0.6) is 0 Å². The molecule has 0 unspecified atom stereocenters. The summed E-state index contributed by atoms with van der Waals surface area (Å²) >= 11 is 3.37. The molecular weight excluding hydrogens is 536 g/mol. The lowest BCUT2D eigenvalue weighted by atomic mass is 10.1. The SMILES string of the molecule is CN=C(NCc1cc(Br)ccc1F)NCc1ccccc1Cn1cccn1.I. The van der Waals surface area contributed by atoms with Gasteiger partial charge in [0, 0.05) is 42.6 Å². The summed E-state index contributed by atoms with van der Waals surface area (Å²) in [6, 6.07) is 15.0. The molecule has 0 radical (unpaired) electrons. The fraction of sp³-hybridized carbons (Fsp3) is 0.200. The number of hydrogen-bond donors (Lipinski definition) is 2. The van der Waals surface area contributed by atoms with Gasteiger partial charge in [0.25, 0.3) is 0 Å². The van der Waals surface area contributed by atoms with Crippen molar-refractivity contribution in [1.82, 2.24) is 20.4 Å². The van der Waals surface area contributed by atoms with Gasteiger partial charge in [-0.2, -0.15) is 5.10 Å². The van der Waals surface area contributed by atoms with Crippen molar-refractivity contribution >= 4 is 45.9 Å². The fourth-order valence-corrected chi connectivity index (χ4v) is 3.12. The number of guanidine groups is 1. The van der Waals surface area contributed by atoms with Gasteiger partial charge < -0.3 is 10.6 Å². The minimum absolute atomic E-state index is 0. The molecule has 2 N–H and O–H groups in total. The minimum Gasteiger partial charge on any atom is -0.352 e. The van der Waals surface area contributed by atoms with Gasteiger partial charge in [-0.1, -0.05) is 40.2 Å².